The third kappa shape index (κ3) is 6.93. The molecular formula is C20H22IN3O5. The highest BCUT2D eigenvalue weighted by molar-refractivity contribution is 14.1. The quantitative estimate of drug-likeness (QED) is 0.335. The molecule has 0 aliphatic heterocycles. The predicted octanol–water partition coefficient (Wildman–Crippen LogP) is 3.03. The first-order valence-electron chi connectivity index (χ1n) is 8.59. The molecule has 2 aromatic rings. The van der Waals surface area contributed by atoms with Gasteiger partial charge in [0.2, 0.25) is 0 Å². The van der Waals surface area contributed by atoms with Gasteiger partial charge in [0.1, 0.15) is 13.2 Å². The Labute approximate surface area is 183 Å². The Kier molecular flexibility index (Phi) is 8.71. The van der Waals surface area contributed by atoms with Gasteiger partial charge in [-0.05, 0) is 45.9 Å². The monoisotopic (exact) mass is 511 g/mol. The summed E-state index contributed by atoms with van der Waals surface area (Å²) in [7, 11) is 4.59. The maximum absolute atomic E-state index is 12.0. The molecule has 0 bridgehead atoms. The number of nitrogens with one attached hydrogen (secondary N) is 1. The van der Waals surface area contributed by atoms with Crippen molar-refractivity contribution in [1.29, 1.82) is 0 Å². The second kappa shape index (κ2) is 11.2. The van der Waals surface area contributed by atoms with E-state index >= 15 is 0 Å². The van der Waals surface area contributed by atoms with Crippen molar-refractivity contribution in [1.82, 2.24) is 10.3 Å². The third-order valence-corrected chi connectivity index (χ3v) is 4.56. The zero-order valence-corrected chi connectivity index (χ0v) is 18.5. The molecule has 0 radical (unpaired) electrons. The lowest BCUT2D eigenvalue weighted by Gasteiger charge is -2.15. The van der Waals surface area contributed by atoms with Crippen LogP contribution in [0.5, 0.6) is 11.5 Å². The van der Waals surface area contributed by atoms with E-state index < -0.39 is 12.0 Å². The Morgan fingerprint density at radius 2 is 1.90 bits per heavy atom. The maximum Gasteiger partial charge on any atom is 0.410 e. The molecule has 2 amide bonds. The number of amides is 2. The predicted molar refractivity (Wildman–Crippen MR) is 117 cm³/mol. The molecule has 0 spiro atoms. The minimum Gasteiger partial charge on any atom is -0.493 e. The molecule has 1 N–H and O–H groups in total. The van der Waals surface area contributed by atoms with Crippen LogP contribution in [0, 0.1) is 3.57 Å². The SMILES string of the molecule is COc1cc(/C=N/NC(=O)CN(C)C(=O)OCc2ccccc2)cc(I)c1OC. The van der Waals surface area contributed by atoms with E-state index in [9.17, 15) is 9.59 Å². The Balaban J connectivity index is 1.84. The molecule has 29 heavy (non-hydrogen) atoms. The first kappa shape index (κ1) is 22.5. The summed E-state index contributed by atoms with van der Waals surface area (Å²) in [5.41, 5.74) is 3.98. The van der Waals surface area contributed by atoms with Crippen molar-refractivity contribution in [3.63, 3.8) is 0 Å². The van der Waals surface area contributed by atoms with Gasteiger partial charge in [0.15, 0.2) is 11.5 Å². The van der Waals surface area contributed by atoms with E-state index in [1.54, 1.807) is 20.3 Å². The van der Waals surface area contributed by atoms with Crippen molar-refractivity contribution in [2.75, 3.05) is 27.8 Å². The van der Waals surface area contributed by atoms with Crippen molar-refractivity contribution in [2.24, 2.45) is 5.10 Å². The van der Waals surface area contributed by atoms with E-state index in [1.807, 2.05) is 36.4 Å². The van der Waals surface area contributed by atoms with Crippen LogP contribution in [0.2, 0.25) is 0 Å². The van der Waals surface area contributed by atoms with E-state index in [4.69, 9.17) is 14.2 Å². The van der Waals surface area contributed by atoms with Crippen LogP contribution in [0.3, 0.4) is 0 Å². The number of rotatable bonds is 8. The molecule has 2 rings (SSSR count). The van der Waals surface area contributed by atoms with Gasteiger partial charge in [-0.1, -0.05) is 30.3 Å². The molecule has 0 saturated carbocycles. The van der Waals surface area contributed by atoms with Gasteiger partial charge >= 0.3 is 6.09 Å². The van der Waals surface area contributed by atoms with Crippen LogP contribution in [-0.2, 0) is 16.1 Å². The summed E-state index contributed by atoms with van der Waals surface area (Å²) >= 11 is 2.12. The average molecular weight is 511 g/mol. The number of nitrogens with zero attached hydrogens (tertiary/aromatic N) is 2. The van der Waals surface area contributed by atoms with Crippen LogP contribution < -0.4 is 14.9 Å². The molecule has 0 saturated heterocycles. The summed E-state index contributed by atoms with van der Waals surface area (Å²) < 4.78 is 16.6. The summed E-state index contributed by atoms with van der Waals surface area (Å²) in [6.07, 6.45) is 0.887. The minimum absolute atomic E-state index is 0.141. The van der Waals surface area contributed by atoms with Crippen LogP contribution in [0.4, 0.5) is 4.79 Å². The zero-order chi connectivity index (χ0) is 21.2. The lowest BCUT2D eigenvalue weighted by molar-refractivity contribution is -0.121. The number of halogens is 1. The Morgan fingerprint density at radius 1 is 1.17 bits per heavy atom. The van der Waals surface area contributed by atoms with Crippen molar-refractivity contribution in [3.8, 4) is 11.5 Å². The van der Waals surface area contributed by atoms with Gasteiger partial charge in [-0.25, -0.2) is 10.2 Å². The molecule has 0 unspecified atom stereocenters. The normalized spacial score (nSPS) is 10.5. The number of benzene rings is 2. The van der Waals surface area contributed by atoms with E-state index in [0.717, 1.165) is 14.7 Å². The van der Waals surface area contributed by atoms with Gasteiger partial charge in [0.25, 0.3) is 5.91 Å². The molecule has 154 valence electrons. The van der Waals surface area contributed by atoms with Crippen molar-refractivity contribution in [2.45, 2.75) is 6.61 Å². The van der Waals surface area contributed by atoms with E-state index in [1.165, 1.54) is 18.2 Å². The van der Waals surface area contributed by atoms with Crippen LogP contribution in [0.25, 0.3) is 0 Å². The zero-order valence-electron chi connectivity index (χ0n) is 16.3. The standard InChI is InChI=1S/C20H22IN3O5/c1-24(20(26)29-13-14-7-5-4-6-8-14)12-18(25)23-22-11-15-9-16(21)19(28-3)17(10-15)27-2/h4-11H,12-13H2,1-3H3,(H,23,25)/b22-11+. The van der Waals surface area contributed by atoms with E-state index in [2.05, 4.69) is 33.1 Å². The van der Waals surface area contributed by atoms with Gasteiger partial charge in [-0.2, -0.15) is 5.10 Å². The number of hydrazone groups is 1. The van der Waals surface area contributed by atoms with E-state index in [-0.39, 0.29) is 13.2 Å². The van der Waals surface area contributed by atoms with E-state index in [0.29, 0.717) is 11.5 Å². The molecule has 0 aliphatic rings. The highest BCUT2D eigenvalue weighted by Crippen LogP contribution is 2.32. The summed E-state index contributed by atoms with van der Waals surface area (Å²) in [6.45, 7) is -0.0455. The number of carbonyl (C=O) groups is 2. The van der Waals surface area contributed by atoms with Crippen molar-refractivity contribution in [3.05, 3.63) is 57.2 Å². The van der Waals surface area contributed by atoms with Gasteiger partial charge in [-0.3, -0.25) is 4.79 Å². The summed E-state index contributed by atoms with van der Waals surface area (Å²) in [6, 6.07) is 12.9. The van der Waals surface area contributed by atoms with Gasteiger partial charge in [0, 0.05) is 7.05 Å². The maximum atomic E-state index is 12.0. The molecule has 8 nitrogen and oxygen atoms in total. The summed E-state index contributed by atoms with van der Waals surface area (Å²) in [5.74, 6) is 0.744. The first-order valence-corrected chi connectivity index (χ1v) is 9.67. The molecule has 0 fully saturated rings. The number of methoxy groups -OCH3 is 2. The Bertz CT molecular complexity index is 874. The van der Waals surface area contributed by atoms with Crippen molar-refractivity contribution < 1.29 is 23.8 Å². The minimum atomic E-state index is -0.595. The second-order valence-corrected chi connectivity index (χ2v) is 7.09. The largest absolute Gasteiger partial charge is 0.493 e. The van der Waals surface area contributed by atoms with Crippen molar-refractivity contribution >= 4 is 40.8 Å². The smallest absolute Gasteiger partial charge is 0.410 e. The summed E-state index contributed by atoms with van der Waals surface area (Å²) in [4.78, 5) is 25.1. The Hall–Kier alpha value is -2.82. The third-order valence-electron chi connectivity index (χ3n) is 3.76. The van der Waals surface area contributed by atoms with Crippen LogP contribution in [0.1, 0.15) is 11.1 Å². The molecular weight excluding hydrogens is 489 g/mol. The van der Waals surface area contributed by atoms with Crippen LogP contribution >= 0.6 is 22.6 Å². The average Bonchev–Trinajstić information content (AvgIpc) is 2.72. The second-order valence-electron chi connectivity index (χ2n) is 5.93. The lowest BCUT2D eigenvalue weighted by Crippen LogP contribution is -2.36. The van der Waals surface area contributed by atoms with Gasteiger partial charge in [-0.15, -0.1) is 0 Å². The highest BCUT2D eigenvalue weighted by atomic mass is 127. The van der Waals surface area contributed by atoms with Gasteiger partial charge in [0.05, 0.1) is 24.0 Å². The van der Waals surface area contributed by atoms with Gasteiger partial charge < -0.3 is 19.1 Å². The number of hydrogen-bond donors (Lipinski definition) is 1. The van der Waals surface area contributed by atoms with Crippen LogP contribution in [-0.4, -0.2) is 50.9 Å². The fraction of sp³-hybridized carbons (Fsp3) is 0.250. The molecule has 0 heterocycles. The number of hydrogen-bond acceptors (Lipinski definition) is 6. The molecule has 0 aliphatic carbocycles. The molecule has 9 heteroatoms. The topological polar surface area (TPSA) is 89.5 Å². The molecule has 0 atom stereocenters. The number of ether oxygens (including phenoxy) is 3. The number of carbonyl (C=O) groups excluding carboxylic acids is 2. The Morgan fingerprint density at radius 3 is 2.55 bits per heavy atom. The lowest BCUT2D eigenvalue weighted by atomic mass is 10.2. The van der Waals surface area contributed by atoms with Crippen LogP contribution in [0.15, 0.2) is 47.6 Å². The first-order chi connectivity index (χ1) is 13.9. The summed E-state index contributed by atoms with van der Waals surface area (Å²) in [5, 5.41) is 3.92. The molecule has 0 aromatic heterocycles. The number of likely N-dealkylation sites (N-methyl/N-ethyl adjacent to an activating group) is 1. The fourth-order valence-corrected chi connectivity index (χ4v) is 3.18. The molecule has 2 aromatic carbocycles. The highest BCUT2D eigenvalue weighted by Gasteiger charge is 2.14. The fourth-order valence-electron chi connectivity index (χ4n) is 2.34.